The zero-order valence-corrected chi connectivity index (χ0v) is 12.5. The van der Waals surface area contributed by atoms with Gasteiger partial charge in [0.05, 0.1) is 4.88 Å². The number of hydrogen-bond acceptors (Lipinski definition) is 4. The molecule has 1 aliphatic carbocycles. The summed E-state index contributed by atoms with van der Waals surface area (Å²) >= 11 is 5.22. The van der Waals surface area contributed by atoms with Crippen LogP contribution in [0.2, 0.25) is 0 Å². The first-order valence-electron chi connectivity index (χ1n) is 6.14. The van der Waals surface area contributed by atoms with Gasteiger partial charge in [-0.2, -0.15) is 0 Å². The number of nitrogens with one attached hydrogen (secondary N) is 1. The van der Waals surface area contributed by atoms with Crippen molar-refractivity contribution < 1.29 is 0 Å². The van der Waals surface area contributed by atoms with Gasteiger partial charge in [-0.15, -0.1) is 11.3 Å². The number of nitrogens with zero attached hydrogens (tertiary/aromatic N) is 2. The van der Waals surface area contributed by atoms with Crippen LogP contribution >= 0.6 is 27.3 Å². The van der Waals surface area contributed by atoms with Gasteiger partial charge >= 0.3 is 0 Å². The summed E-state index contributed by atoms with van der Waals surface area (Å²) in [6.45, 7) is 2.96. The molecule has 0 atom stereocenters. The van der Waals surface area contributed by atoms with E-state index in [1.807, 2.05) is 6.07 Å². The third kappa shape index (κ3) is 2.42. The zero-order valence-electron chi connectivity index (χ0n) is 10.1. The molecule has 3 rings (SSSR count). The highest BCUT2D eigenvalue weighted by Crippen LogP contribution is 2.41. The van der Waals surface area contributed by atoms with Crippen LogP contribution in [0.5, 0.6) is 0 Å². The quantitative estimate of drug-likeness (QED) is 0.912. The van der Waals surface area contributed by atoms with Crippen molar-refractivity contribution in [3.05, 3.63) is 27.7 Å². The van der Waals surface area contributed by atoms with E-state index in [-0.39, 0.29) is 0 Å². The summed E-state index contributed by atoms with van der Waals surface area (Å²) in [5, 5.41) is 5.35. The molecule has 94 valence electrons. The molecule has 0 aliphatic heterocycles. The molecule has 2 aromatic rings. The Kier molecular flexibility index (Phi) is 3.35. The summed E-state index contributed by atoms with van der Waals surface area (Å²) in [5.41, 5.74) is 1.18. The Bertz CT molecular complexity index is 563. The van der Waals surface area contributed by atoms with Crippen LogP contribution in [0.3, 0.4) is 0 Å². The minimum absolute atomic E-state index is 0.642. The predicted molar refractivity (Wildman–Crippen MR) is 79.2 cm³/mol. The van der Waals surface area contributed by atoms with Crippen LogP contribution in [0.25, 0.3) is 10.7 Å². The maximum atomic E-state index is 4.71. The number of hydrogen-bond donors (Lipinski definition) is 1. The lowest BCUT2D eigenvalue weighted by atomic mass is 10.2. The summed E-state index contributed by atoms with van der Waals surface area (Å²) in [5.74, 6) is 2.41. The van der Waals surface area contributed by atoms with Crippen molar-refractivity contribution in [1.82, 2.24) is 9.97 Å². The zero-order chi connectivity index (χ0) is 12.5. The van der Waals surface area contributed by atoms with Crippen molar-refractivity contribution in [1.29, 1.82) is 0 Å². The first-order chi connectivity index (χ1) is 8.78. The highest BCUT2D eigenvalue weighted by atomic mass is 79.9. The molecule has 18 heavy (non-hydrogen) atoms. The average molecular weight is 324 g/mol. The normalized spacial score (nSPS) is 14.8. The largest absolute Gasteiger partial charge is 0.370 e. The first-order valence-corrected chi connectivity index (χ1v) is 7.81. The van der Waals surface area contributed by atoms with Crippen molar-refractivity contribution in [2.75, 3.05) is 11.9 Å². The molecule has 1 aliphatic rings. The lowest BCUT2D eigenvalue weighted by molar-refractivity contribution is 0.990. The molecule has 3 nitrogen and oxygen atoms in total. The minimum Gasteiger partial charge on any atom is -0.370 e. The fraction of sp³-hybridized carbons (Fsp3) is 0.385. The van der Waals surface area contributed by atoms with Gasteiger partial charge < -0.3 is 5.32 Å². The van der Waals surface area contributed by atoms with Gasteiger partial charge in [0.15, 0.2) is 5.82 Å². The summed E-state index contributed by atoms with van der Waals surface area (Å²) in [4.78, 5) is 10.4. The summed E-state index contributed by atoms with van der Waals surface area (Å²) in [7, 11) is 0. The summed E-state index contributed by atoms with van der Waals surface area (Å²) < 4.78 is 1.07. The SMILES string of the molecule is CCNc1cc(C2CC2)nc(-c2sccc2Br)n1. The van der Waals surface area contributed by atoms with Crippen LogP contribution < -0.4 is 5.32 Å². The first kappa shape index (κ1) is 12.1. The van der Waals surface area contributed by atoms with Gasteiger partial charge in [0.2, 0.25) is 0 Å². The van der Waals surface area contributed by atoms with Crippen LogP contribution in [-0.2, 0) is 0 Å². The number of anilines is 1. The number of thiophene rings is 1. The van der Waals surface area contributed by atoms with Crippen LogP contribution in [-0.4, -0.2) is 16.5 Å². The number of rotatable bonds is 4. The van der Waals surface area contributed by atoms with E-state index < -0.39 is 0 Å². The third-order valence-electron chi connectivity index (χ3n) is 2.92. The van der Waals surface area contributed by atoms with Crippen LogP contribution in [0.15, 0.2) is 22.0 Å². The second-order valence-electron chi connectivity index (χ2n) is 4.40. The second-order valence-corrected chi connectivity index (χ2v) is 6.17. The van der Waals surface area contributed by atoms with E-state index in [9.17, 15) is 0 Å². The van der Waals surface area contributed by atoms with Crippen molar-refractivity contribution >= 4 is 33.1 Å². The molecule has 0 unspecified atom stereocenters. The van der Waals surface area contributed by atoms with Gasteiger partial charge in [0.25, 0.3) is 0 Å². The Morgan fingerprint density at radius 2 is 2.28 bits per heavy atom. The van der Waals surface area contributed by atoms with Gasteiger partial charge in [-0.1, -0.05) is 0 Å². The van der Waals surface area contributed by atoms with Gasteiger partial charge in [-0.05, 0) is 47.1 Å². The van der Waals surface area contributed by atoms with Crippen molar-refractivity contribution in [3.8, 4) is 10.7 Å². The molecule has 0 spiro atoms. The highest BCUT2D eigenvalue weighted by Gasteiger charge is 2.26. The lowest BCUT2D eigenvalue weighted by Gasteiger charge is -2.07. The molecule has 1 fully saturated rings. The molecule has 2 heterocycles. The smallest absolute Gasteiger partial charge is 0.173 e. The summed E-state index contributed by atoms with van der Waals surface area (Å²) in [6, 6.07) is 4.13. The number of aromatic nitrogens is 2. The maximum absolute atomic E-state index is 4.71. The van der Waals surface area contributed by atoms with Gasteiger partial charge in [-0.3, -0.25) is 0 Å². The molecule has 5 heteroatoms. The molecule has 1 N–H and O–H groups in total. The third-order valence-corrected chi connectivity index (χ3v) is 4.75. The van der Waals surface area contributed by atoms with Gasteiger partial charge in [0, 0.05) is 28.7 Å². The van der Waals surface area contributed by atoms with Gasteiger partial charge in [0.1, 0.15) is 5.82 Å². The number of halogens is 1. The van der Waals surface area contributed by atoms with Crippen molar-refractivity contribution in [3.63, 3.8) is 0 Å². The standard InChI is InChI=1S/C13H14BrN3S/c1-2-15-11-7-10(8-3-4-8)16-13(17-11)12-9(14)5-6-18-12/h5-8H,2-4H2,1H3,(H,15,16,17). The molecule has 0 amide bonds. The topological polar surface area (TPSA) is 37.8 Å². The fourth-order valence-corrected chi connectivity index (χ4v) is 3.36. The van der Waals surface area contributed by atoms with E-state index in [0.717, 1.165) is 27.5 Å². The Morgan fingerprint density at radius 3 is 2.89 bits per heavy atom. The second kappa shape index (κ2) is 4.97. The Balaban J connectivity index is 2.04. The molecular weight excluding hydrogens is 310 g/mol. The van der Waals surface area contributed by atoms with Crippen LogP contribution in [0, 0.1) is 0 Å². The van der Waals surface area contributed by atoms with E-state index in [4.69, 9.17) is 4.98 Å². The average Bonchev–Trinajstić information content (AvgIpc) is 3.12. The molecular formula is C13H14BrN3S. The van der Waals surface area contributed by atoms with E-state index >= 15 is 0 Å². The maximum Gasteiger partial charge on any atom is 0.173 e. The van der Waals surface area contributed by atoms with E-state index in [1.54, 1.807) is 11.3 Å². The Morgan fingerprint density at radius 1 is 1.44 bits per heavy atom. The molecule has 2 aromatic heterocycles. The van der Waals surface area contributed by atoms with Gasteiger partial charge in [-0.25, -0.2) is 9.97 Å². The van der Waals surface area contributed by atoms with E-state index in [0.29, 0.717) is 5.92 Å². The molecule has 0 aromatic carbocycles. The van der Waals surface area contributed by atoms with Crippen molar-refractivity contribution in [2.45, 2.75) is 25.7 Å². The van der Waals surface area contributed by atoms with E-state index in [2.05, 4.69) is 44.6 Å². The Labute approximate surface area is 119 Å². The molecule has 0 bridgehead atoms. The van der Waals surface area contributed by atoms with Crippen LogP contribution in [0.4, 0.5) is 5.82 Å². The molecule has 0 radical (unpaired) electrons. The van der Waals surface area contributed by atoms with Crippen molar-refractivity contribution in [2.24, 2.45) is 0 Å². The van der Waals surface area contributed by atoms with Crippen LogP contribution in [0.1, 0.15) is 31.4 Å². The molecule has 0 saturated heterocycles. The summed E-state index contributed by atoms with van der Waals surface area (Å²) in [6.07, 6.45) is 2.52. The predicted octanol–water partition coefficient (Wildman–Crippen LogP) is 4.28. The van der Waals surface area contributed by atoms with E-state index in [1.165, 1.54) is 18.5 Å². The Hall–Kier alpha value is -0.940. The molecule has 1 saturated carbocycles. The fourth-order valence-electron chi connectivity index (χ4n) is 1.88. The lowest BCUT2D eigenvalue weighted by Crippen LogP contribution is -2.03. The highest BCUT2D eigenvalue weighted by molar-refractivity contribution is 9.10. The monoisotopic (exact) mass is 323 g/mol. The minimum atomic E-state index is 0.642.